The van der Waals surface area contributed by atoms with Gasteiger partial charge in [0.1, 0.15) is 5.01 Å². The van der Waals surface area contributed by atoms with Crippen molar-refractivity contribution in [3.8, 4) is 22.1 Å². The van der Waals surface area contributed by atoms with Crippen LogP contribution in [0.1, 0.15) is 11.1 Å². The van der Waals surface area contributed by atoms with E-state index in [1.807, 2.05) is 60.7 Å². The Labute approximate surface area is 221 Å². The lowest BCUT2D eigenvalue weighted by atomic mass is 10.2. The maximum Gasteiger partial charge on any atom is 0.336 e. The first kappa shape index (κ1) is 25.9. The van der Waals surface area contributed by atoms with Gasteiger partial charge in [0.25, 0.3) is 0 Å². The van der Waals surface area contributed by atoms with Gasteiger partial charge in [0.15, 0.2) is 11.5 Å². The van der Waals surface area contributed by atoms with Gasteiger partial charge < -0.3 is 9.47 Å². The lowest BCUT2D eigenvalue weighted by molar-refractivity contribution is -0.136. The van der Waals surface area contributed by atoms with Crippen LogP contribution in [0, 0.1) is 0 Å². The van der Waals surface area contributed by atoms with E-state index in [4.69, 9.17) is 9.47 Å². The van der Waals surface area contributed by atoms with Crippen LogP contribution in [0.3, 0.4) is 0 Å². The highest BCUT2D eigenvalue weighted by Crippen LogP contribution is 2.28. The molecule has 11 heteroatoms. The molecule has 1 aromatic heterocycles. The first-order chi connectivity index (χ1) is 18.5. The predicted molar refractivity (Wildman–Crippen MR) is 144 cm³/mol. The monoisotopic (exact) mass is 527 g/mol. The van der Waals surface area contributed by atoms with Gasteiger partial charge in [-0.05, 0) is 35.4 Å². The molecule has 10 nitrogen and oxygen atoms in total. The molecule has 2 amide bonds. The molecule has 4 rings (SSSR count). The molecule has 0 unspecified atom stereocenters. The molecule has 0 bridgehead atoms. The van der Waals surface area contributed by atoms with Gasteiger partial charge in [0, 0.05) is 11.6 Å². The quantitative estimate of drug-likeness (QED) is 0.0886. The highest BCUT2D eigenvalue weighted by Gasteiger charge is 2.16. The van der Waals surface area contributed by atoms with Crippen LogP contribution >= 0.6 is 11.3 Å². The second-order valence-corrected chi connectivity index (χ2v) is 8.48. The molecule has 0 saturated heterocycles. The molecule has 0 saturated carbocycles. The fraction of sp³-hybridized carbons (Fsp3) is 0.0370. The van der Waals surface area contributed by atoms with Gasteiger partial charge >= 0.3 is 17.8 Å². The number of hydrazone groups is 1. The first-order valence-corrected chi connectivity index (χ1v) is 12.0. The first-order valence-electron chi connectivity index (χ1n) is 11.2. The van der Waals surface area contributed by atoms with Crippen LogP contribution < -0.4 is 20.2 Å². The number of anilines is 1. The SMILES string of the molecule is COc1cc(/C=N\NC(=O)C(=O)Nc2nnc(-c3ccccc3)s2)ccc1OC(=O)/C=C/c1ccccc1. The Morgan fingerprint density at radius 2 is 1.61 bits per heavy atom. The second kappa shape index (κ2) is 12.7. The molecule has 190 valence electrons. The minimum Gasteiger partial charge on any atom is -0.493 e. The van der Waals surface area contributed by atoms with E-state index in [1.54, 1.807) is 18.2 Å². The Morgan fingerprint density at radius 1 is 0.868 bits per heavy atom. The van der Waals surface area contributed by atoms with E-state index < -0.39 is 17.8 Å². The Morgan fingerprint density at radius 3 is 2.34 bits per heavy atom. The third-order valence-corrected chi connectivity index (χ3v) is 5.75. The number of amides is 2. The number of carbonyl (C=O) groups is 3. The summed E-state index contributed by atoms with van der Waals surface area (Å²) in [6.07, 6.45) is 4.27. The lowest BCUT2D eigenvalue weighted by Crippen LogP contribution is -2.32. The molecule has 0 spiro atoms. The summed E-state index contributed by atoms with van der Waals surface area (Å²) < 4.78 is 10.6. The Hall–Kier alpha value is -5.16. The smallest absolute Gasteiger partial charge is 0.336 e. The topological polar surface area (TPSA) is 132 Å². The second-order valence-electron chi connectivity index (χ2n) is 7.51. The van der Waals surface area contributed by atoms with Crippen molar-refractivity contribution in [2.45, 2.75) is 0 Å². The fourth-order valence-electron chi connectivity index (χ4n) is 3.06. The number of hydrogen-bond donors (Lipinski definition) is 2. The predicted octanol–water partition coefficient (Wildman–Crippen LogP) is 3.92. The molecule has 3 aromatic carbocycles. The average molecular weight is 528 g/mol. The number of rotatable bonds is 8. The molecule has 4 aromatic rings. The van der Waals surface area contributed by atoms with Crippen molar-refractivity contribution < 1.29 is 23.9 Å². The summed E-state index contributed by atoms with van der Waals surface area (Å²) >= 11 is 1.14. The van der Waals surface area contributed by atoms with Crippen molar-refractivity contribution >= 4 is 46.5 Å². The van der Waals surface area contributed by atoms with Crippen molar-refractivity contribution in [1.82, 2.24) is 15.6 Å². The number of carbonyl (C=O) groups excluding carboxylic acids is 3. The Kier molecular flexibility index (Phi) is 8.66. The third kappa shape index (κ3) is 7.18. The zero-order chi connectivity index (χ0) is 26.7. The summed E-state index contributed by atoms with van der Waals surface area (Å²) in [5, 5.41) is 14.9. The van der Waals surface area contributed by atoms with Crippen molar-refractivity contribution in [3.63, 3.8) is 0 Å². The standard InChI is InChI=1S/C27H21N5O5S/c1-36-22-16-19(12-14-21(22)37-23(33)15-13-18-8-4-2-5-9-18)17-28-30-25(35)24(34)29-27-32-31-26(38-27)20-10-6-3-7-11-20/h2-17H,1H3,(H,30,35)(H,29,32,34)/b15-13+,28-17-. The highest BCUT2D eigenvalue weighted by molar-refractivity contribution is 7.18. The van der Waals surface area contributed by atoms with E-state index in [2.05, 4.69) is 26.0 Å². The molecule has 38 heavy (non-hydrogen) atoms. The van der Waals surface area contributed by atoms with Gasteiger partial charge in [-0.1, -0.05) is 72.0 Å². The molecule has 0 aliphatic carbocycles. The fourth-order valence-corrected chi connectivity index (χ4v) is 3.80. The van der Waals surface area contributed by atoms with Crippen LogP contribution in [0.15, 0.2) is 90.0 Å². The Bertz CT molecular complexity index is 1490. The molecule has 0 fully saturated rings. The highest BCUT2D eigenvalue weighted by atomic mass is 32.1. The molecule has 2 N–H and O–H groups in total. The van der Waals surface area contributed by atoms with Crippen LogP contribution in [0.5, 0.6) is 11.5 Å². The maximum atomic E-state index is 12.2. The molecular weight excluding hydrogens is 506 g/mol. The number of ether oxygens (including phenoxy) is 2. The Balaban J connectivity index is 1.30. The van der Waals surface area contributed by atoms with Gasteiger partial charge in [-0.25, -0.2) is 10.2 Å². The maximum absolute atomic E-state index is 12.2. The summed E-state index contributed by atoms with van der Waals surface area (Å²) in [6.45, 7) is 0. The molecule has 0 atom stereocenters. The molecule has 0 aliphatic rings. The van der Waals surface area contributed by atoms with E-state index in [1.165, 1.54) is 25.5 Å². The number of nitrogens with zero attached hydrogens (tertiary/aromatic N) is 3. The van der Waals surface area contributed by atoms with Crippen LogP contribution in [0.4, 0.5) is 5.13 Å². The van der Waals surface area contributed by atoms with Gasteiger partial charge in [-0.3, -0.25) is 14.9 Å². The minimum absolute atomic E-state index is 0.182. The van der Waals surface area contributed by atoms with Gasteiger partial charge in [0.05, 0.1) is 13.3 Å². The summed E-state index contributed by atoms with van der Waals surface area (Å²) in [5.74, 6) is -2.01. The average Bonchev–Trinajstić information content (AvgIpc) is 3.42. The van der Waals surface area contributed by atoms with Crippen molar-refractivity contribution in [2.24, 2.45) is 5.10 Å². The lowest BCUT2D eigenvalue weighted by Gasteiger charge is -2.08. The number of benzene rings is 3. The van der Waals surface area contributed by atoms with Gasteiger partial charge in [-0.2, -0.15) is 5.10 Å². The number of nitrogens with one attached hydrogen (secondary N) is 2. The van der Waals surface area contributed by atoms with E-state index in [-0.39, 0.29) is 16.6 Å². The zero-order valence-corrected chi connectivity index (χ0v) is 20.8. The molecule has 0 radical (unpaired) electrons. The van der Waals surface area contributed by atoms with E-state index in [0.717, 1.165) is 22.5 Å². The largest absolute Gasteiger partial charge is 0.493 e. The number of esters is 1. The number of hydrogen-bond acceptors (Lipinski definition) is 9. The number of methoxy groups -OCH3 is 1. The third-order valence-electron chi connectivity index (χ3n) is 4.86. The van der Waals surface area contributed by atoms with Crippen molar-refractivity contribution in [2.75, 3.05) is 12.4 Å². The summed E-state index contributed by atoms with van der Waals surface area (Å²) in [6, 6.07) is 23.4. The van der Waals surface area contributed by atoms with Crippen LogP contribution in [-0.4, -0.2) is 41.3 Å². The minimum atomic E-state index is -0.986. The summed E-state index contributed by atoms with van der Waals surface area (Å²) in [4.78, 5) is 36.4. The normalized spacial score (nSPS) is 10.9. The van der Waals surface area contributed by atoms with Gasteiger partial charge in [0.2, 0.25) is 5.13 Å². The van der Waals surface area contributed by atoms with Gasteiger partial charge in [-0.15, -0.1) is 10.2 Å². The van der Waals surface area contributed by atoms with Crippen LogP contribution in [0.25, 0.3) is 16.6 Å². The summed E-state index contributed by atoms with van der Waals surface area (Å²) in [5.41, 5.74) is 4.38. The van der Waals surface area contributed by atoms with E-state index in [0.29, 0.717) is 10.6 Å². The van der Waals surface area contributed by atoms with Crippen molar-refractivity contribution in [3.05, 3.63) is 96.1 Å². The molecule has 1 heterocycles. The molecule has 0 aliphatic heterocycles. The van der Waals surface area contributed by atoms with Crippen LogP contribution in [0.2, 0.25) is 0 Å². The van der Waals surface area contributed by atoms with E-state index in [9.17, 15) is 14.4 Å². The summed E-state index contributed by atoms with van der Waals surface area (Å²) in [7, 11) is 1.43. The zero-order valence-electron chi connectivity index (χ0n) is 20.0. The number of aromatic nitrogens is 2. The van der Waals surface area contributed by atoms with Crippen molar-refractivity contribution in [1.29, 1.82) is 0 Å². The van der Waals surface area contributed by atoms with E-state index >= 15 is 0 Å². The molecular formula is C27H21N5O5S. The van der Waals surface area contributed by atoms with Crippen LogP contribution in [-0.2, 0) is 14.4 Å².